The molecule has 0 aliphatic heterocycles. The third-order valence-electron chi connectivity index (χ3n) is 2.38. The summed E-state index contributed by atoms with van der Waals surface area (Å²) in [7, 11) is 0. The van der Waals surface area contributed by atoms with E-state index in [0.29, 0.717) is 5.56 Å². The largest absolute Gasteiger partial charge is 0.506 e. The molecule has 0 atom stereocenters. The van der Waals surface area contributed by atoms with Crippen molar-refractivity contribution in [1.29, 1.82) is 5.26 Å². The van der Waals surface area contributed by atoms with Crippen LogP contribution in [0.2, 0.25) is 0 Å². The Morgan fingerprint density at radius 3 is 2.62 bits per heavy atom. The second kappa shape index (κ2) is 4.45. The number of nitriles is 1. The van der Waals surface area contributed by atoms with E-state index in [1.165, 1.54) is 6.20 Å². The average molecular weight is 210 g/mol. The van der Waals surface area contributed by atoms with Crippen molar-refractivity contribution in [2.75, 3.05) is 0 Å². The summed E-state index contributed by atoms with van der Waals surface area (Å²) < 4.78 is 0. The first kappa shape index (κ1) is 10.2. The Morgan fingerprint density at radius 2 is 1.94 bits per heavy atom. The van der Waals surface area contributed by atoms with Crippen LogP contribution in [0, 0.1) is 11.3 Å². The van der Waals surface area contributed by atoms with Crippen molar-refractivity contribution >= 4 is 0 Å². The Kier molecular flexibility index (Phi) is 2.84. The Labute approximate surface area is 93.6 Å². The highest BCUT2D eigenvalue weighted by atomic mass is 16.3. The summed E-state index contributed by atoms with van der Waals surface area (Å²) in [4.78, 5) is 3.94. The van der Waals surface area contributed by atoms with Gasteiger partial charge >= 0.3 is 0 Å². The maximum absolute atomic E-state index is 9.67. The lowest BCUT2D eigenvalue weighted by Gasteiger charge is -2.07. The minimum absolute atomic E-state index is 0.0721. The van der Waals surface area contributed by atoms with Crippen molar-refractivity contribution in [2.45, 2.75) is 6.42 Å². The van der Waals surface area contributed by atoms with Crippen LogP contribution in [0.3, 0.4) is 0 Å². The molecule has 0 bridgehead atoms. The van der Waals surface area contributed by atoms with Crippen LogP contribution >= 0.6 is 0 Å². The Hall–Kier alpha value is -2.34. The van der Waals surface area contributed by atoms with Gasteiger partial charge in [0.25, 0.3) is 0 Å². The molecule has 16 heavy (non-hydrogen) atoms. The number of benzene rings is 1. The molecule has 0 saturated carbocycles. The molecule has 3 nitrogen and oxygen atoms in total. The fraction of sp³-hybridized carbons (Fsp3) is 0.0769. The van der Waals surface area contributed by atoms with Gasteiger partial charge in [0, 0.05) is 17.3 Å². The molecule has 0 saturated heterocycles. The van der Waals surface area contributed by atoms with Gasteiger partial charge in [0.2, 0.25) is 0 Å². The van der Waals surface area contributed by atoms with Crippen molar-refractivity contribution in [3.63, 3.8) is 0 Å². The highest BCUT2D eigenvalue weighted by molar-refractivity contribution is 5.69. The van der Waals surface area contributed by atoms with E-state index in [0.717, 1.165) is 11.1 Å². The molecular weight excluding hydrogens is 200 g/mol. The van der Waals surface area contributed by atoms with E-state index in [9.17, 15) is 5.11 Å². The first-order chi connectivity index (χ1) is 7.83. The maximum atomic E-state index is 9.67. The van der Waals surface area contributed by atoms with E-state index in [4.69, 9.17) is 5.26 Å². The van der Waals surface area contributed by atoms with Gasteiger partial charge < -0.3 is 5.11 Å². The predicted octanol–water partition coefficient (Wildman–Crippen LogP) is 2.52. The molecule has 0 fully saturated rings. The second-order valence-electron chi connectivity index (χ2n) is 3.39. The van der Waals surface area contributed by atoms with Gasteiger partial charge in [-0.05, 0) is 5.56 Å². The molecule has 1 aromatic heterocycles. The minimum Gasteiger partial charge on any atom is -0.506 e. The molecule has 78 valence electrons. The van der Waals surface area contributed by atoms with Gasteiger partial charge in [0.05, 0.1) is 18.7 Å². The van der Waals surface area contributed by atoms with Gasteiger partial charge in [0.15, 0.2) is 0 Å². The van der Waals surface area contributed by atoms with Gasteiger partial charge in [-0.15, -0.1) is 0 Å². The van der Waals surface area contributed by atoms with Crippen LogP contribution in [-0.2, 0) is 6.42 Å². The Bertz CT molecular complexity index is 529. The normalized spacial score (nSPS) is 9.69. The summed E-state index contributed by atoms with van der Waals surface area (Å²) in [6.45, 7) is 0. The number of hydrogen-bond donors (Lipinski definition) is 1. The van der Waals surface area contributed by atoms with Crippen LogP contribution in [0.15, 0.2) is 42.7 Å². The molecule has 0 aliphatic rings. The molecule has 0 aliphatic carbocycles. The van der Waals surface area contributed by atoms with Crippen LogP contribution in [0.4, 0.5) is 0 Å². The fourth-order valence-corrected chi connectivity index (χ4v) is 1.61. The molecule has 1 N–H and O–H groups in total. The molecule has 0 radical (unpaired) electrons. The molecular formula is C13H10N2O. The van der Waals surface area contributed by atoms with Crippen LogP contribution in [0.5, 0.6) is 5.75 Å². The minimum atomic E-state index is 0.0721. The number of aromatic nitrogens is 1. The SMILES string of the molecule is N#CCc1c(O)cncc1-c1ccccc1. The lowest BCUT2D eigenvalue weighted by molar-refractivity contribution is 0.467. The summed E-state index contributed by atoms with van der Waals surface area (Å²) in [5.41, 5.74) is 2.39. The lowest BCUT2D eigenvalue weighted by Crippen LogP contribution is -1.91. The van der Waals surface area contributed by atoms with E-state index in [-0.39, 0.29) is 12.2 Å². The topological polar surface area (TPSA) is 56.9 Å². The van der Waals surface area contributed by atoms with Crippen LogP contribution in [-0.4, -0.2) is 10.1 Å². The number of hydrogen-bond acceptors (Lipinski definition) is 3. The number of aromatic hydroxyl groups is 1. The monoisotopic (exact) mass is 210 g/mol. The smallest absolute Gasteiger partial charge is 0.138 e. The van der Waals surface area contributed by atoms with E-state index in [2.05, 4.69) is 4.98 Å². The highest BCUT2D eigenvalue weighted by Crippen LogP contribution is 2.28. The first-order valence-electron chi connectivity index (χ1n) is 4.91. The van der Waals surface area contributed by atoms with Gasteiger partial charge in [-0.3, -0.25) is 4.98 Å². The first-order valence-corrected chi connectivity index (χ1v) is 4.91. The van der Waals surface area contributed by atoms with Crippen LogP contribution in [0.1, 0.15) is 5.56 Å². The summed E-state index contributed by atoms with van der Waals surface area (Å²) in [6, 6.07) is 11.6. The standard InChI is InChI=1S/C13H10N2O/c14-7-6-11-12(8-15-9-13(11)16)10-4-2-1-3-5-10/h1-5,8-9,16H,6H2. The average Bonchev–Trinajstić information content (AvgIpc) is 2.33. The quantitative estimate of drug-likeness (QED) is 0.828. The van der Waals surface area contributed by atoms with Gasteiger partial charge in [-0.2, -0.15) is 5.26 Å². The highest BCUT2D eigenvalue weighted by Gasteiger charge is 2.09. The van der Waals surface area contributed by atoms with Crippen LogP contribution in [0.25, 0.3) is 11.1 Å². The number of rotatable bonds is 2. The van der Waals surface area contributed by atoms with Crippen molar-refractivity contribution in [2.24, 2.45) is 0 Å². The summed E-state index contributed by atoms with van der Waals surface area (Å²) in [5, 5.41) is 18.4. The van der Waals surface area contributed by atoms with Crippen LogP contribution < -0.4 is 0 Å². The summed E-state index contributed by atoms with van der Waals surface area (Å²) >= 11 is 0. The maximum Gasteiger partial charge on any atom is 0.138 e. The summed E-state index contributed by atoms with van der Waals surface area (Å²) in [5.74, 6) is 0.0721. The van der Waals surface area contributed by atoms with Gasteiger partial charge in [-0.1, -0.05) is 30.3 Å². The molecule has 3 heteroatoms. The van der Waals surface area contributed by atoms with E-state index in [1.54, 1.807) is 6.20 Å². The van der Waals surface area contributed by atoms with E-state index >= 15 is 0 Å². The third kappa shape index (κ3) is 1.86. The lowest BCUT2D eigenvalue weighted by atomic mass is 10.00. The molecule has 0 spiro atoms. The molecule has 0 amide bonds. The fourth-order valence-electron chi connectivity index (χ4n) is 1.61. The van der Waals surface area contributed by atoms with E-state index in [1.807, 2.05) is 36.4 Å². The summed E-state index contributed by atoms with van der Waals surface area (Å²) in [6.07, 6.45) is 3.21. The zero-order valence-corrected chi connectivity index (χ0v) is 8.59. The number of pyridine rings is 1. The van der Waals surface area contributed by atoms with E-state index < -0.39 is 0 Å². The second-order valence-corrected chi connectivity index (χ2v) is 3.39. The molecule has 1 aromatic carbocycles. The molecule has 2 rings (SSSR count). The molecule has 1 heterocycles. The third-order valence-corrected chi connectivity index (χ3v) is 2.38. The predicted molar refractivity (Wildman–Crippen MR) is 60.7 cm³/mol. The zero-order chi connectivity index (χ0) is 11.4. The van der Waals surface area contributed by atoms with Gasteiger partial charge in [-0.25, -0.2) is 0 Å². The van der Waals surface area contributed by atoms with Crippen molar-refractivity contribution in [3.8, 4) is 22.9 Å². The molecule has 2 aromatic rings. The van der Waals surface area contributed by atoms with Crippen molar-refractivity contribution in [3.05, 3.63) is 48.3 Å². The van der Waals surface area contributed by atoms with Gasteiger partial charge in [0.1, 0.15) is 5.75 Å². The number of nitrogens with zero attached hydrogens (tertiary/aromatic N) is 2. The van der Waals surface area contributed by atoms with Crippen molar-refractivity contribution < 1.29 is 5.11 Å². The zero-order valence-electron chi connectivity index (χ0n) is 8.59. The Balaban J connectivity index is 2.57. The molecule has 0 unspecified atom stereocenters. The Morgan fingerprint density at radius 1 is 1.19 bits per heavy atom. The van der Waals surface area contributed by atoms with Crippen molar-refractivity contribution in [1.82, 2.24) is 4.98 Å².